The van der Waals surface area contributed by atoms with E-state index in [2.05, 4.69) is 0 Å². The summed E-state index contributed by atoms with van der Waals surface area (Å²) in [4.78, 5) is 0. The molecular weight excluding hydrogens is 301 g/mol. The molecule has 1 rings (SSSR count). The molecule has 1 aromatic rings. The number of hydrogen-bond donors (Lipinski definition) is 0. The summed E-state index contributed by atoms with van der Waals surface area (Å²) in [6.07, 6.45) is -3.83. The van der Waals surface area contributed by atoms with Crippen LogP contribution in [0.2, 0.25) is 23.2 Å². The first-order valence-corrected chi connectivity index (χ1v) is 9.84. The van der Waals surface area contributed by atoms with Crippen molar-refractivity contribution < 1.29 is 13.2 Å². The van der Waals surface area contributed by atoms with Crippen molar-refractivity contribution >= 4 is 24.9 Å². The van der Waals surface area contributed by atoms with E-state index in [9.17, 15) is 13.2 Å². The van der Waals surface area contributed by atoms with Crippen LogP contribution in [-0.2, 0) is 0 Å². The topological polar surface area (TPSA) is 0 Å². The van der Waals surface area contributed by atoms with Crippen LogP contribution in [-0.4, -0.2) is 14.3 Å². The van der Waals surface area contributed by atoms with E-state index >= 15 is 0 Å². The van der Waals surface area contributed by atoms with E-state index in [1.54, 1.807) is 24.3 Å². The molecule has 1 aromatic carbocycles. The third-order valence-electron chi connectivity index (χ3n) is 4.07. The van der Waals surface area contributed by atoms with E-state index in [0.29, 0.717) is 21.9 Å². The fraction of sp³-hybridized carbons (Fsp3) is 0.467. The molecule has 0 saturated carbocycles. The maximum absolute atomic E-state index is 13.0. The van der Waals surface area contributed by atoms with Gasteiger partial charge < -0.3 is 0 Å². The number of allylic oxidation sites excluding steroid dienone is 1. The van der Waals surface area contributed by atoms with Crippen LogP contribution in [0.3, 0.4) is 0 Å². The van der Waals surface area contributed by atoms with Gasteiger partial charge in [-0.15, -0.1) is 0 Å². The zero-order valence-corrected chi connectivity index (χ0v) is 13.8. The van der Waals surface area contributed by atoms with Gasteiger partial charge in [0.1, 0.15) is 0 Å². The summed E-state index contributed by atoms with van der Waals surface area (Å²) in [5.41, 5.74) is 0.545. The molecular formula is C15H20ClF3Si. The Morgan fingerprint density at radius 1 is 1.10 bits per heavy atom. The maximum atomic E-state index is 13.0. The van der Waals surface area contributed by atoms with Gasteiger partial charge in [0.2, 0.25) is 0 Å². The zero-order valence-electron chi connectivity index (χ0n) is 12.0. The lowest BCUT2D eigenvalue weighted by Gasteiger charge is -2.32. The minimum atomic E-state index is -4.31. The minimum Gasteiger partial charge on any atom is -0.167 e. The van der Waals surface area contributed by atoms with Crippen molar-refractivity contribution in [2.45, 2.75) is 45.1 Å². The average molecular weight is 321 g/mol. The molecule has 0 saturated heterocycles. The number of alkyl halides is 3. The largest absolute Gasteiger partial charge is 0.409 e. The van der Waals surface area contributed by atoms with Crippen molar-refractivity contribution in [3.8, 4) is 0 Å². The summed E-state index contributed by atoms with van der Waals surface area (Å²) in [6.45, 7) is 5.96. The molecule has 5 heteroatoms. The van der Waals surface area contributed by atoms with Crippen LogP contribution in [0.5, 0.6) is 0 Å². The molecule has 0 bridgehead atoms. The van der Waals surface area contributed by atoms with Crippen molar-refractivity contribution in [3.05, 3.63) is 40.9 Å². The predicted octanol–water partition coefficient (Wildman–Crippen LogP) is 6.33. The van der Waals surface area contributed by atoms with Crippen molar-refractivity contribution in [2.24, 2.45) is 0 Å². The van der Waals surface area contributed by atoms with E-state index < -0.39 is 14.3 Å². The Hall–Kier alpha value is -0.743. The second-order valence-corrected chi connectivity index (χ2v) is 10.5. The van der Waals surface area contributed by atoms with Gasteiger partial charge >= 0.3 is 6.18 Å². The van der Waals surface area contributed by atoms with E-state index in [1.807, 2.05) is 20.8 Å². The summed E-state index contributed by atoms with van der Waals surface area (Å²) in [5.74, 6) is 0. The van der Waals surface area contributed by atoms with E-state index in [4.69, 9.17) is 11.6 Å². The van der Waals surface area contributed by atoms with Crippen LogP contribution in [0.4, 0.5) is 13.2 Å². The summed E-state index contributed by atoms with van der Waals surface area (Å²) < 4.78 is 38.9. The van der Waals surface area contributed by atoms with E-state index in [1.165, 1.54) is 0 Å². The minimum absolute atomic E-state index is 0.398. The summed E-state index contributed by atoms with van der Waals surface area (Å²) >= 11 is 6.14. The standard InChI is InChI=1S/C15H20ClF3Si/c1-4-20(5-2,6-3)14(11-15(17,18)19)12-9-7-8-10-13(12)16/h7-11H,4-6H2,1-3H3/b14-11+. The lowest BCUT2D eigenvalue weighted by molar-refractivity contribution is -0.0792. The number of hydrogen-bond acceptors (Lipinski definition) is 0. The molecule has 0 aliphatic rings. The highest BCUT2D eigenvalue weighted by Gasteiger charge is 2.37. The molecule has 0 atom stereocenters. The monoisotopic (exact) mass is 320 g/mol. The second-order valence-electron chi connectivity index (χ2n) is 4.92. The Labute approximate surface area is 124 Å². The molecule has 0 radical (unpaired) electrons. The van der Waals surface area contributed by atoms with Gasteiger partial charge in [0.25, 0.3) is 0 Å². The van der Waals surface area contributed by atoms with Gasteiger partial charge in [-0.3, -0.25) is 0 Å². The Morgan fingerprint density at radius 2 is 1.60 bits per heavy atom. The lowest BCUT2D eigenvalue weighted by Crippen LogP contribution is -2.34. The van der Waals surface area contributed by atoms with E-state index in [0.717, 1.165) is 18.1 Å². The molecule has 0 nitrogen and oxygen atoms in total. The van der Waals surface area contributed by atoms with Gasteiger partial charge in [-0.25, -0.2) is 0 Å². The highest BCUT2D eigenvalue weighted by molar-refractivity contribution is 6.96. The maximum Gasteiger partial charge on any atom is 0.409 e. The van der Waals surface area contributed by atoms with Crippen molar-refractivity contribution in [1.82, 2.24) is 0 Å². The van der Waals surface area contributed by atoms with Gasteiger partial charge in [0.05, 0.1) is 8.07 Å². The molecule has 0 heterocycles. The van der Waals surface area contributed by atoms with Gasteiger partial charge in [0, 0.05) is 11.1 Å². The third kappa shape index (κ3) is 3.89. The van der Waals surface area contributed by atoms with Crippen LogP contribution in [0, 0.1) is 0 Å². The van der Waals surface area contributed by atoms with Crippen LogP contribution in [0.25, 0.3) is 5.20 Å². The molecule has 0 spiro atoms. The average Bonchev–Trinajstić information content (AvgIpc) is 2.39. The SMILES string of the molecule is CC[Si](CC)(CC)/C(=C/C(F)(F)F)c1ccccc1Cl. The number of benzene rings is 1. The summed E-state index contributed by atoms with van der Waals surface area (Å²) in [7, 11) is -2.17. The van der Waals surface area contributed by atoms with Gasteiger partial charge in [-0.1, -0.05) is 68.7 Å². The Morgan fingerprint density at radius 3 is 2.00 bits per heavy atom. The first-order valence-electron chi connectivity index (χ1n) is 6.84. The first-order chi connectivity index (χ1) is 9.29. The van der Waals surface area contributed by atoms with Crippen molar-refractivity contribution in [1.29, 1.82) is 0 Å². The fourth-order valence-electron chi connectivity index (χ4n) is 2.68. The number of rotatable bonds is 5. The van der Waals surface area contributed by atoms with Crippen LogP contribution >= 0.6 is 11.6 Å². The van der Waals surface area contributed by atoms with Crippen molar-refractivity contribution in [2.75, 3.05) is 0 Å². The predicted molar refractivity (Wildman–Crippen MR) is 82.7 cm³/mol. The molecule has 0 unspecified atom stereocenters. The van der Waals surface area contributed by atoms with E-state index in [-0.39, 0.29) is 0 Å². The molecule has 20 heavy (non-hydrogen) atoms. The Kier molecular flexibility index (Phi) is 5.89. The molecule has 0 N–H and O–H groups in total. The lowest BCUT2D eigenvalue weighted by atomic mass is 10.2. The van der Waals surface area contributed by atoms with Gasteiger partial charge in [0.15, 0.2) is 0 Å². The van der Waals surface area contributed by atoms with Crippen LogP contribution in [0.1, 0.15) is 26.3 Å². The van der Waals surface area contributed by atoms with Gasteiger partial charge in [-0.2, -0.15) is 13.2 Å². The quantitative estimate of drug-likeness (QED) is 0.556. The third-order valence-corrected chi connectivity index (χ3v) is 10.0. The molecule has 112 valence electrons. The normalized spacial score (nSPS) is 13.7. The fourth-order valence-corrected chi connectivity index (χ4v) is 6.90. The highest BCUT2D eigenvalue weighted by atomic mass is 35.5. The molecule has 0 amide bonds. The second kappa shape index (κ2) is 6.81. The Bertz CT molecular complexity index is 468. The molecule has 0 aromatic heterocycles. The molecule has 0 aliphatic carbocycles. The summed E-state index contributed by atoms with van der Waals surface area (Å²) in [5, 5.41) is 0.832. The van der Waals surface area contributed by atoms with Gasteiger partial charge in [-0.05, 0) is 16.8 Å². The summed E-state index contributed by atoms with van der Waals surface area (Å²) in [6, 6.07) is 9.19. The first kappa shape index (κ1) is 17.3. The Balaban J connectivity index is 3.53. The van der Waals surface area contributed by atoms with Crippen LogP contribution < -0.4 is 0 Å². The van der Waals surface area contributed by atoms with Crippen molar-refractivity contribution in [3.63, 3.8) is 0 Å². The zero-order chi connectivity index (χ0) is 15.4. The smallest absolute Gasteiger partial charge is 0.167 e. The van der Waals surface area contributed by atoms with Crippen LogP contribution in [0.15, 0.2) is 30.3 Å². The molecule has 0 fully saturated rings. The number of halogens is 4. The molecule has 0 aliphatic heterocycles. The highest BCUT2D eigenvalue weighted by Crippen LogP contribution is 2.40.